The molecule has 0 aromatic heterocycles. The summed E-state index contributed by atoms with van der Waals surface area (Å²) in [5, 5.41) is 3.03. The van der Waals surface area contributed by atoms with Crippen LogP contribution in [0.15, 0.2) is 28.7 Å². The maximum atomic E-state index is 12.1. The van der Waals surface area contributed by atoms with E-state index in [2.05, 4.69) is 32.2 Å². The van der Waals surface area contributed by atoms with Crippen LogP contribution in [-0.2, 0) is 16.0 Å². The van der Waals surface area contributed by atoms with E-state index >= 15 is 0 Å². The predicted octanol–water partition coefficient (Wildman–Crippen LogP) is 2.75. The average Bonchev–Trinajstić information content (AvgIpc) is 2.59. The molecule has 2 fully saturated rings. The van der Waals surface area contributed by atoms with Crippen LogP contribution in [0.4, 0.5) is 0 Å². The summed E-state index contributed by atoms with van der Waals surface area (Å²) in [6.45, 7) is 3.57. The first-order valence-corrected chi connectivity index (χ1v) is 9.37. The zero-order valence-corrected chi connectivity index (χ0v) is 15.1. The van der Waals surface area contributed by atoms with Crippen LogP contribution in [0, 0.1) is 0 Å². The molecule has 23 heavy (non-hydrogen) atoms. The third kappa shape index (κ3) is 4.78. The van der Waals surface area contributed by atoms with Crippen molar-refractivity contribution >= 4 is 21.8 Å². The van der Waals surface area contributed by atoms with E-state index < -0.39 is 0 Å². The summed E-state index contributed by atoms with van der Waals surface area (Å²) in [5.74, 6) is 0.102. The van der Waals surface area contributed by atoms with E-state index in [4.69, 9.17) is 4.74 Å². The number of fused-ring (bicyclic) bond motifs is 1. The molecule has 2 aliphatic heterocycles. The number of hydrogen-bond donors (Lipinski definition) is 1. The maximum Gasteiger partial charge on any atom is 0.220 e. The number of rotatable bonds is 5. The van der Waals surface area contributed by atoms with Crippen molar-refractivity contribution in [2.75, 3.05) is 26.2 Å². The van der Waals surface area contributed by atoms with Crippen LogP contribution < -0.4 is 5.32 Å². The number of carbonyl (C=O) groups is 1. The SMILES string of the molecule is O=C(CCc1ccccc1Br)NC[C@H]1CN2CCCC[C@@H]2CO1. The normalized spacial score (nSPS) is 24.9. The highest BCUT2D eigenvalue weighted by Gasteiger charge is 2.30. The molecule has 4 nitrogen and oxygen atoms in total. The number of halogens is 1. The van der Waals surface area contributed by atoms with Gasteiger partial charge in [-0.2, -0.15) is 0 Å². The van der Waals surface area contributed by atoms with Gasteiger partial charge in [-0.1, -0.05) is 40.5 Å². The highest BCUT2D eigenvalue weighted by Crippen LogP contribution is 2.22. The molecule has 1 N–H and O–H groups in total. The van der Waals surface area contributed by atoms with Crippen molar-refractivity contribution in [3.8, 4) is 0 Å². The van der Waals surface area contributed by atoms with Gasteiger partial charge in [0.25, 0.3) is 0 Å². The highest BCUT2D eigenvalue weighted by molar-refractivity contribution is 9.10. The Bertz CT molecular complexity index is 538. The summed E-state index contributed by atoms with van der Waals surface area (Å²) in [5.41, 5.74) is 1.17. The minimum absolute atomic E-state index is 0.102. The van der Waals surface area contributed by atoms with Gasteiger partial charge >= 0.3 is 0 Å². The van der Waals surface area contributed by atoms with Gasteiger partial charge in [-0.15, -0.1) is 0 Å². The van der Waals surface area contributed by atoms with Crippen molar-refractivity contribution in [3.63, 3.8) is 0 Å². The molecule has 2 aliphatic rings. The Labute approximate surface area is 146 Å². The first kappa shape index (κ1) is 16.9. The maximum absolute atomic E-state index is 12.1. The Balaban J connectivity index is 1.38. The quantitative estimate of drug-likeness (QED) is 0.853. The van der Waals surface area contributed by atoms with E-state index in [-0.39, 0.29) is 12.0 Å². The van der Waals surface area contributed by atoms with Gasteiger partial charge < -0.3 is 10.1 Å². The summed E-state index contributed by atoms with van der Waals surface area (Å²) in [4.78, 5) is 14.6. The summed E-state index contributed by atoms with van der Waals surface area (Å²) < 4.78 is 6.98. The lowest BCUT2D eigenvalue weighted by molar-refractivity contribution is -0.123. The minimum Gasteiger partial charge on any atom is -0.373 e. The molecule has 126 valence electrons. The number of benzene rings is 1. The molecule has 0 aliphatic carbocycles. The van der Waals surface area contributed by atoms with Gasteiger partial charge in [0, 0.05) is 30.0 Å². The van der Waals surface area contributed by atoms with Gasteiger partial charge in [0.05, 0.1) is 12.7 Å². The van der Waals surface area contributed by atoms with Crippen LogP contribution in [0.2, 0.25) is 0 Å². The lowest BCUT2D eigenvalue weighted by Gasteiger charge is -2.42. The van der Waals surface area contributed by atoms with Crippen LogP contribution in [-0.4, -0.2) is 49.2 Å². The minimum atomic E-state index is 0.102. The van der Waals surface area contributed by atoms with Crippen molar-refractivity contribution in [3.05, 3.63) is 34.3 Å². The summed E-state index contributed by atoms with van der Waals surface area (Å²) in [6, 6.07) is 8.66. The third-order valence-corrected chi connectivity index (χ3v) is 5.59. The van der Waals surface area contributed by atoms with Crippen LogP contribution in [0.3, 0.4) is 0 Å². The first-order valence-electron chi connectivity index (χ1n) is 8.58. The van der Waals surface area contributed by atoms with E-state index in [0.717, 1.165) is 24.0 Å². The molecule has 0 saturated carbocycles. The van der Waals surface area contributed by atoms with Gasteiger partial charge in [0.1, 0.15) is 0 Å². The molecular weight excluding hydrogens is 356 g/mol. The number of amides is 1. The molecule has 1 aromatic carbocycles. The standard InChI is InChI=1S/C18H25BrN2O2/c19-17-7-2-1-5-14(17)8-9-18(22)20-11-16-12-21-10-4-3-6-15(21)13-23-16/h1-2,5,7,15-16H,3-4,6,8-13H2,(H,20,22)/t15-,16+/m1/s1. The van der Waals surface area contributed by atoms with Crippen molar-refractivity contribution in [2.45, 2.75) is 44.2 Å². The van der Waals surface area contributed by atoms with Crippen molar-refractivity contribution in [1.82, 2.24) is 10.2 Å². The molecule has 1 amide bonds. The van der Waals surface area contributed by atoms with Crippen LogP contribution >= 0.6 is 15.9 Å². The molecule has 5 heteroatoms. The molecule has 2 atom stereocenters. The lowest BCUT2D eigenvalue weighted by atomic mass is 10.0. The number of aryl methyl sites for hydroxylation is 1. The topological polar surface area (TPSA) is 41.6 Å². The fourth-order valence-electron chi connectivity index (χ4n) is 3.44. The van der Waals surface area contributed by atoms with Crippen molar-refractivity contribution in [1.29, 1.82) is 0 Å². The van der Waals surface area contributed by atoms with Crippen LogP contribution in [0.5, 0.6) is 0 Å². The Morgan fingerprint density at radius 1 is 1.35 bits per heavy atom. The Morgan fingerprint density at radius 2 is 2.22 bits per heavy atom. The second-order valence-electron chi connectivity index (χ2n) is 6.50. The monoisotopic (exact) mass is 380 g/mol. The molecule has 1 aromatic rings. The fourth-order valence-corrected chi connectivity index (χ4v) is 3.92. The van der Waals surface area contributed by atoms with E-state index in [1.165, 1.54) is 31.4 Å². The highest BCUT2D eigenvalue weighted by atomic mass is 79.9. The van der Waals surface area contributed by atoms with E-state index in [1.54, 1.807) is 0 Å². The summed E-state index contributed by atoms with van der Waals surface area (Å²) in [7, 11) is 0. The second kappa shape index (κ2) is 8.27. The van der Waals surface area contributed by atoms with Crippen LogP contribution in [0.25, 0.3) is 0 Å². The van der Waals surface area contributed by atoms with Gasteiger partial charge in [-0.25, -0.2) is 0 Å². The number of morpholine rings is 1. The zero-order chi connectivity index (χ0) is 16.1. The molecule has 2 saturated heterocycles. The second-order valence-corrected chi connectivity index (χ2v) is 7.35. The Morgan fingerprint density at radius 3 is 3.09 bits per heavy atom. The number of ether oxygens (including phenoxy) is 1. The summed E-state index contributed by atoms with van der Waals surface area (Å²) in [6.07, 6.45) is 5.28. The lowest BCUT2D eigenvalue weighted by Crippen LogP contribution is -2.54. The Kier molecular flexibility index (Phi) is 6.08. The molecule has 0 radical (unpaired) electrons. The molecular formula is C18H25BrN2O2. The van der Waals surface area contributed by atoms with Crippen molar-refractivity contribution < 1.29 is 9.53 Å². The predicted molar refractivity (Wildman–Crippen MR) is 94.4 cm³/mol. The molecule has 0 unspecified atom stereocenters. The number of nitrogens with one attached hydrogen (secondary N) is 1. The average molecular weight is 381 g/mol. The largest absolute Gasteiger partial charge is 0.373 e. The van der Waals surface area contributed by atoms with Gasteiger partial charge in [0.15, 0.2) is 0 Å². The number of carbonyl (C=O) groups excluding carboxylic acids is 1. The smallest absolute Gasteiger partial charge is 0.220 e. The van der Waals surface area contributed by atoms with Gasteiger partial charge in [-0.3, -0.25) is 9.69 Å². The van der Waals surface area contributed by atoms with Gasteiger partial charge in [-0.05, 0) is 37.4 Å². The van der Waals surface area contributed by atoms with E-state index in [1.807, 2.05) is 18.2 Å². The zero-order valence-electron chi connectivity index (χ0n) is 13.5. The Hall–Kier alpha value is -0.910. The molecule has 2 heterocycles. The van der Waals surface area contributed by atoms with E-state index in [0.29, 0.717) is 19.0 Å². The van der Waals surface area contributed by atoms with Crippen molar-refractivity contribution in [2.24, 2.45) is 0 Å². The molecule has 0 bridgehead atoms. The number of nitrogens with zero attached hydrogens (tertiary/aromatic N) is 1. The fraction of sp³-hybridized carbons (Fsp3) is 0.611. The molecule has 3 rings (SSSR count). The summed E-state index contributed by atoms with van der Waals surface area (Å²) >= 11 is 3.52. The molecule has 0 spiro atoms. The van der Waals surface area contributed by atoms with E-state index in [9.17, 15) is 4.79 Å². The third-order valence-electron chi connectivity index (χ3n) is 4.82. The van der Waals surface area contributed by atoms with Gasteiger partial charge in [0.2, 0.25) is 5.91 Å². The first-order chi connectivity index (χ1) is 11.2. The van der Waals surface area contributed by atoms with Crippen LogP contribution in [0.1, 0.15) is 31.2 Å². The number of piperidine rings is 1. The number of hydrogen-bond acceptors (Lipinski definition) is 3.